The molecule has 0 atom stereocenters. The SMILES string of the molecule is NCCc1nccn1-c1ncnc2sccc12. The summed E-state index contributed by atoms with van der Waals surface area (Å²) >= 11 is 1.61. The van der Waals surface area contributed by atoms with Crippen molar-refractivity contribution >= 4 is 21.6 Å². The molecule has 0 unspecified atom stereocenters. The standard InChI is InChI=1S/C11H11N5S/c12-3-1-9-13-4-5-16(9)10-8-2-6-17-11(8)15-7-14-10/h2,4-7H,1,3,12H2. The maximum atomic E-state index is 5.58. The highest BCUT2D eigenvalue weighted by Gasteiger charge is 2.10. The van der Waals surface area contributed by atoms with E-state index in [1.54, 1.807) is 23.9 Å². The smallest absolute Gasteiger partial charge is 0.150 e. The zero-order valence-corrected chi connectivity index (χ0v) is 9.89. The first kappa shape index (κ1) is 10.4. The van der Waals surface area contributed by atoms with Gasteiger partial charge in [-0.15, -0.1) is 11.3 Å². The van der Waals surface area contributed by atoms with Crippen molar-refractivity contribution in [3.63, 3.8) is 0 Å². The first-order chi connectivity index (χ1) is 8.40. The number of fused-ring (bicyclic) bond motifs is 1. The van der Waals surface area contributed by atoms with Gasteiger partial charge in [-0.1, -0.05) is 0 Å². The number of nitrogens with zero attached hydrogens (tertiary/aromatic N) is 4. The molecule has 0 spiro atoms. The van der Waals surface area contributed by atoms with Crippen molar-refractivity contribution in [1.82, 2.24) is 19.5 Å². The van der Waals surface area contributed by atoms with Crippen LogP contribution in [-0.4, -0.2) is 26.1 Å². The lowest BCUT2D eigenvalue weighted by Crippen LogP contribution is -2.09. The van der Waals surface area contributed by atoms with E-state index in [0.29, 0.717) is 6.54 Å². The molecule has 0 bridgehead atoms. The number of nitrogens with two attached hydrogens (primary N) is 1. The second-order valence-corrected chi connectivity index (χ2v) is 4.48. The van der Waals surface area contributed by atoms with E-state index in [9.17, 15) is 0 Å². The summed E-state index contributed by atoms with van der Waals surface area (Å²) < 4.78 is 1.98. The molecule has 17 heavy (non-hydrogen) atoms. The van der Waals surface area contributed by atoms with Crippen molar-refractivity contribution in [2.24, 2.45) is 5.73 Å². The highest BCUT2D eigenvalue weighted by Crippen LogP contribution is 2.23. The average Bonchev–Trinajstić information content (AvgIpc) is 2.96. The summed E-state index contributed by atoms with van der Waals surface area (Å²) in [5.74, 6) is 1.80. The van der Waals surface area contributed by atoms with Gasteiger partial charge in [0, 0.05) is 18.8 Å². The Bertz CT molecular complexity index is 642. The molecule has 3 aromatic heterocycles. The molecule has 86 valence electrons. The molecule has 0 radical (unpaired) electrons. The molecule has 0 aromatic carbocycles. The maximum Gasteiger partial charge on any atom is 0.150 e. The second-order valence-electron chi connectivity index (χ2n) is 3.59. The largest absolute Gasteiger partial charge is 0.330 e. The van der Waals surface area contributed by atoms with Gasteiger partial charge in [0.25, 0.3) is 0 Å². The quantitative estimate of drug-likeness (QED) is 0.756. The fourth-order valence-electron chi connectivity index (χ4n) is 1.81. The molecule has 0 amide bonds. The Kier molecular flexibility index (Phi) is 2.58. The van der Waals surface area contributed by atoms with Crippen LogP contribution in [0.2, 0.25) is 0 Å². The predicted octanol–water partition coefficient (Wildman–Crippen LogP) is 1.38. The van der Waals surface area contributed by atoms with E-state index in [-0.39, 0.29) is 0 Å². The van der Waals surface area contributed by atoms with Crippen LogP contribution in [-0.2, 0) is 6.42 Å². The maximum absolute atomic E-state index is 5.58. The normalized spacial score (nSPS) is 11.1. The first-order valence-electron chi connectivity index (χ1n) is 5.31. The highest BCUT2D eigenvalue weighted by atomic mass is 32.1. The molecule has 0 aliphatic carbocycles. The second kappa shape index (κ2) is 4.23. The number of hydrogen-bond acceptors (Lipinski definition) is 5. The van der Waals surface area contributed by atoms with E-state index in [2.05, 4.69) is 15.0 Å². The van der Waals surface area contributed by atoms with Crippen LogP contribution in [0, 0.1) is 0 Å². The van der Waals surface area contributed by atoms with Gasteiger partial charge >= 0.3 is 0 Å². The molecule has 0 saturated carbocycles. The Balaban J connectivity index is 2.20. The minimum Gasteiger partial charge on any atom is -0.330 e. The molecular weight excluding hydrogens is 234 g/mol. The molecule has 0 aliphatic heterocycles. The van der Waals surface area contributed by atoms with E-state index in [0.717, 1.165) is 28.3 Å². The van der Waals surface area contributed by atoms with Crippen LogP contribution >= 0.6 is 11.3 Å². The monoisotopic (exact) mass is 245 g/mol. The van der Waals surface area contributed by atoms with Crippen LogP contribution in [0.3, 0.4) is 0 Å². The lowest BCUT2D eigenvalue weighted by Gasteiger charge is -2.06. The average molecular weight is 245 g/mol. The summed E-state index contributed by atoms with van der Waals surface area (Å²) in [6.07, 6.45) is 6.00. The van der Waals surface area contributed by atoms with E-state index >= 15 is 0 Å². The van der Waals surface area contributed by atoms with Crippen molar-refractivity contribution in [2.75, 3.05) is 6.54 Å². The van der Waals surface area contributed by atoms with E-state index in [1.165, 1.54) is 0 Å². The minimum atomic E-state index is 0.578. The third-order valence-electron chi connectivity index (χ3n) is 2.55. The summed E-state index contributed by atoms with van der Waals surface area (Å²) in [6.45, 7) is 0.578. The Morgan fingerprint density at radius 3 is 3.12 bits per heavy atom. The Hall–Kier alpha value is -1.79. The minimum absolute atomic E-state index is 0.578. The number of hydrogen-bond donors (Lipinski definition) is 1. The number of aromatic nitrogens is 4. The highest BCUT2D eigenvalue weighted by molar-refractivity contribution is 7.16. The first-order valence-corrected chi connectivity index (χ1v) is 6.19. The molecule has 3 rings (SSSR count). The topological polar surface area (TPSA) is 69.6 Å². The summed E-state index contributed by atoms with van der Waals surface area (Å²) in [7, 11) is 0. The van der Waals surface area contributed by atoms with Gasteiger partial charge in [0.05, 0.1) is 5.39 Å². The molecule has 0 saturated heterocycles. The number of imidazole rings is 1. The zero-order valence-electron chi connectivity index (χ0n) is 9.08. The summed E-state index contributed by atoms with van der Waals surface area (Å²) in [6, 6.07) is 2.03. The van der Waals surface area contributed by atoms with E-state index < -0.39 is 0 Å². The molecule has 6 heteroatoms. The van der Waals surface area contributed by atoms with Crippen molar-refractivity contribution in [3.05, 3.63) is 36.0 Å². The zero-order chi connectivity index (χ0) is 11.7. The fraction of sp³-hybridized carbons (Fsp3) is 0.182. The molecule has 0 fully saturated rings. The van der Waals surface area contributed by atoms with Crippen LogP contribution in [0.15, 0.2) is 30.2 Å². The molecule has 2 N–H and O–H groups in total. The predicted molar refractivity (Wildman–Crippen MR) is 67.3 cm³/mol. The number of rotatable bonds is 3. The van der Waals surface area contributed by atoms with Crippen molar-refractivity contribution in [2.45, 2.75) is 6.42 Å². The van der Waals surface area contributed by atoms with Gasteiger partial charge in [0.15, 0.2) is 0 Å². The van der Waals surface area contributed by atoms with Crippen molar-refractivity contribution in [1.29, 1.82) is 0 Å². The molecular formula is C11H11N5S. The van der Waals surface area contributed by atoms with Crippen LogP contribution in [0.25, 0.3) is 16.0 Å². The van der Waals surface area contributed by atoms with Crippen molar-refractivity contribution < 1.29 is 0 Å². The third kappa shape index (κ3) is 1.71. The van der Waals surface area contributed by atoms with Gasteiger partial charge in [0.2, 0.25) is 0 Å². The summed E-state index contributed by atoms with van der Waals surface area (Å²) in [5.41, 5.74) is 5.58. The van der Waals surface area contributed by atoms with Gasteiger partial charge < -0.3 is 5.73 Å². The Labute approximate surface area is 102 Å². The van der Waals surface area contributed by atoms with Gasteiger partial charge in [0.1, 0.15) is 22.8 Å². The summed E-state index contributed by atoms with van der Waals surface area (Å²) in [5, 5.41) is 3.07. The molecule has 5 nitrogen and oxygen atoms in total. The van der Waals surface area contributed by atoms with Crippen LogP contribution in [0.4, 0.5) is 0 Å². The Morgan fingerprint density at radius 2 is 2.24 bits per heavy atom. The fourth-order valence-corrected chi connectivity index (χ4v) is 2.54. The van der Waals surface area contributed by atoms with Gasteiger partial charge in [-0.3, -0.25) is 4.57 Å². The van der Waals surface area contributed by atoms with Gasteiger partial charge in [-0.25, -0.2) is 15.0 Å². The van der Waals surface area contributed by atoms with E-state index in [1.807, 2.05) is 22.2 Å². The van der Waals surface area contributed by atoms with Gasteiger partial charge in [-0.2, -0.15) is 0 Å². The molecule has 0 aliphatic rings. The molecule has 3 heterocycles. The van der Waals surface area contributed by atoms with Crippen LogP contribution in [0.5, 0.6) is 0 Å². The third-order valence-corrected chi connectivity index (χ3v) is 3.37. The number of thiophene rings is 1. The summed E-state index contributed by atoms with van der Waals surface area (Å²) in [4.78, 5) is 13.9. The van der Waals surface area contributed by atoms with Crippen LogP contribution in [0.1, 0.15) is 5.82 Å². The Morgan fingerprint density at radius 1 is 1.29 bits per heavy atom. The molecule has 3 aromatic rings. The van der Waals surface area contributed by atoms with Crippen molar-refractivity contribution in [3.8, 4) is 5.82 Å². The van der Waals surface area contributed by atoms with Crippen LogP contribution < -0.4 is 5.73 Å². The van der Waals surface area contributed by atoms with Gasteiger partial charge in [-0.05, 0) is 18.0 Å². The lowest BCUT2D eigenvalue weighted by molar-refractivity contribution is 0.825. The van der Waals surface area contributed by atoms with E-state index in [4.69, 9.17) is 5.73 Å². The lowest BCUT2D eigenvalue weighted by atomic mass is 10.3.